The van der Waals surface area contributed by atoms with Crippen LogP contribution in [0.25, 0.3) is 0 Å². The van der Waals surface area contributed by atoms with Crippen LogP contribution in [-0.2, 0) is 9.53 Å². The Morgan fingerprint density at radius 2 is 1.94 bits per heavy atom. The van der Waals surface area contributed by atoms with E-state index in [0.717, 1.165) is 31.8 Å². The topological polar surface area (TPSA) is 38.3 Å². The average Bonchev–Trinajstić information content (AvgIpc) is 2.34. The number of rotatable bonds is 7. The minimum atomic E-state index is 0.0235. The summed E-state index contributed by atoms with van der Waals surface area (Å²) in [4.78, 5) is 11.7. The Bertz CT molecular complexity index is 210. The Morgan fingerprint density at radius 1 is 1.24 bits per heavy atom. The van der Waals surface area contributed by atoms with Crippen molar-refractivity contribution in [2.75, 3.05) is 19.7 Å². The maximum Gasteiger partial charge on any atom is 0.308 e. The van der Waals surface area contributed by atoms with Crippen LogP contribution in [0.2, 0.25) is 0 Å². The van der Waals surface area contributed by atoms with Gasteiger partial charge in [0.05, 0.1) is 5.92 Å². The number of hydrogen-bond donors (Lipinski definition) is 1. The van der Waals surface area contributed by atoms with Crippen LogP contribution in [0.4, 0.5) is 0 Å². The molecule has 0 radical (unpaired) electrons. The molecule has 0 aromatic carbocycles. The highest BCUT2D eigenvalue weighted by Crippen LogP contribution is 2.24. The van der Waals surface area contributed by atoms with E-state index in [4.69, 9.17) is 4.74 Å². The summed E-state index contributed by atoms with van der Waals surface area (Å²) < 4.78 is 5.29. The second-order valence-electron chi connectivity index (χ2n) is 5.43. The molecule has 3 nitrogen and oxygen atoms in total. The van der Waals surface area contributed by atoms with Gasteiger partial charge in [0, 0.05) is 6.54 Å². The van der Waals surface area contributed by atoms with Gasteiger partial charge in [0.1, 0.15) is 6.61 Å². The Labute approximate surface area is 105 Å². The summed E-state index contributed by atoms with van der Waals surface area (Å²) in [7, 11) is 0. The fourth-order valence-electron chi connectivity index (χ4n) is 2.20. The zero-order chi connectivity index (χ0) is 12.5. The van der Waals surface area contributed by atoms with Gasteiger partial charge in [0.2, 0.25) is 0 Å². The molecule has 1 N–H and O–H groups in total. The Kier molecular flexibility index (Phi) is 7.25. The Balaban J connectivity index is 1.96. The van der Waals surface area contributed by atoms with Crippen molar-refractivity contribution in [3.8, 4) is 0 Å². The minimum absolute atomic E-state index is 0.0235. The quantitative estimate of drug-likeness (QED) is 0.550. The van der Waals surface area contributed by atoms with Gasteiger partial charge in [-0.05, 0) is 31.7 Å². The fraction of sp³-hybridized carbons (Fsp3) is 0.929. The maximum atomic E-state index is 11.7. The first kappa shape index (κ1) is 14.5. The van der Waals surface area contributed by atoms with Gasteiger partial charge < -0.3 is 10.1 Å². The van der Waals surface area contributed by atoms with Gasteiger partial charge in [-0.2, -0.15) is 0 Å². The van der Waals surface area contributed by atoms with Crippen LogP contribution in [0.5, 0.6) is 0 Å². The number of ether oxygens (including phenoxy) is 1. The van der Waals surface area contributed by atoms with Crippen molar-refractivity contribution < 1.29 is 9.53 Å². The molecule has 0 aromatic rings. The van der Waals surface area contributed by atoms with E-state index in [1.807, 2.05) is 0 Å². The summed E-state index contributed by atoms with van der Waals surface area (Å²) in [5.74, 6) is 0.932. The van der Waals surface area contributed by atoms with Crippen molar-refractivity contribution in [3.63, 3.8) is 0 Å². The lowest BCUT2D eigenvalue weighted by molar-refractivity contribution is -0.149. The van der Waals surface area contributed by atoms with Gasteiger partial charge in [-0.25, -0.2) is 0 Å². The third kappa shape index (κ3) is 6.67. The zero-order valence-corrected chi connectivity index (χ0v) is 11.3. The molecule has 0 heterocycles. The molecule has 0 saturated heterocycles. The first-order chi connectivity index (χ1) is 8.20. The highest BCUT2D eigenvalue weighted by Gasteiger charge is 2.21. The standard InChI is InChI=1S/C14H27NO2/c1-12(2)8-9-15-10-11-17-14(16)13-6-4-3-5-7-13/h12-13,15H,3-11H2,1-2H3. The van der Waals surface area contributed by atoms with Gasteiger partial charge in [-0.1, -0.05) is 33.1 Å². The van der Waals surface area contributed by atoms with Crippen LogP contribution in [0.1, 0.15) is 52.4 Å². The van der Waals surface area contributed by atoms with E-state index in [0.29, 0.717) is 6.61 Å². The molecule has 1 saturated carbocycles. The Morgan fingerprint density at radius 3 is 2.59 bits per heavy atom. The molecule has 17 heavy (non-hydrogen) atoms. The second-order valence-corrected chi connectivity index (χ2v) is 5.43. The molecule has 1 rings (SSSR count). The third-order valence-electron chi connectivity index (χ3n) is 3.36. The first-order valence-electron chi connectivity index (χ1n) is 7.07. The van der Waals surface area contributed by atoms with Gasteiger partial charge in [-0.3, -0.25) is 4.79 Å². The molecule has 0 spiro atoms. The van der Waals surface area contributed by atoms with Crippen molar-refractivity contribution in [3.05, 3.63) is 0 Å². The van der Waals surface area contributed by atoms with Crippen molar-refractivity contribution in [2.24, 2.45) is 11.8 Å². The van der Waals surface area contributed by atoms with E-state index in [9.17, 15) is 4.79 Å². The van der Waals surface area contributed by atoms with Crippen molar-refractivity contribution in [2.45, 2.75) is 52.4 Å². The number of nitrogens with one attached hydrogen (secondary N) is 1. The predicted molar refractivity (Wildman–Crippen MR) is 69.9 cm³/mol. The normalized spacial score (nSPS) is 17.4. The van der Waals surface area contributed by atoms with Crippen LogP contribution in [0.3, 0.4) is 0 Å². The molecule has 1 aliphatic carbocycles. The predicted octanol–water partition coefficient (Wildman–Crippen LogP) is 2.75. The van der Waals surface area contributed by atoms with Gasteiger partial charge in [0.25, 0.3) is 0 Å². The van der Waals surface area contributed by atoms with E-state index >= 15 is 0 Å². The molecule has 1 fully saturated rings. The summed E-state index contributed by atoms with van der Waals surface area (Å²) in [6, 6.07) is 0. The molecule has 0 bridgehead atoms. The van der Waals surface area contributed by atoms with Crippen molar-refractivity contribution in [1.29, 1.82) is 0 Å². The van der Waals surface area contributed by atoms with E-state index < -0.39 is 0 Å². The molecule has 1 aliphatic rings. The number of esters is 1. The molecule has 0 atom stereocenters. The van der Waals surface area contributed by atoms with E-state index in [1.165, 1.54) is 25.7 Å². The summed E-state index contributed by atoms with van der Waals surface area (Å²) in [5, 5.41) is 3.30. The molecular formula is C14H27NO2. The SMILES string of the molecule is CC(C)CCNCCOC(=O)C1CCCCC1. The smallest absolute Gasteiger partial charge is 0.308 e. The molecule has 0 aliphatic heterocycles. The molecule has 100 valence electrons. The number of carbonyl (C=O) groups is 1. The highest BCUT2D eigenvalue weighted by molar-refractivity contribution is 5.72. The third-order valence-corrected chi connectivity index (χ3v) is 3.36. The number of carbonyl (C=O) groups excluding carboxylic acids is 1. The van der Waals surface area contributed by atoms with E-state index in [2.05, 4.69) is 19.2 Å². The molecular weight excluding hydrogens is 214 g/mol. The van der Waals surface area contributed by atoms with Crippen LogP contribution in [0, 0.1) is 11.8 Å². The van der Waals surface area contributed by atoms with Crippen molar-refractivity contribution in [1.82, 2.24) is 5.32 Å². The van der Waals surface area contributed by atoms with E-state index in [1.54, 1.807) is 0 Å². The van der Waals surface area contributed by atoms with Crippen LogP contribution in [0.15, 0.2) is 0 Å². The van der Waals surface area contributed by atoms with Gasteiger partial charge in [0.15, 0.2) is 0 Å². The lowest BCUT2D eigenvalue weighted by Gasteiger charge is -2.19. The average molecular weight is 241 g/mol. The Hall–Kier alpha value is -0.570. The van der Waals surface area contributed by atoms with Gasteiger partial charge in [-0.15, -0.1) is 0 Å². The van der Waals surface area contributed by atoms with Crippen LogP contribution < -0.4 is 5.32 Å². The molecule has 0 amide bonds. The summed E-state index contributed by atoms with van der Waals surface area (Å²) in [6.45, 7) is 6.74. The van der Waals surface area contributed by atoms with Crippen LogP contribution >= 0.6 is 0 Å². The van der Waals surface area contributed by atoms with Crippen molar-refractivity contribution >= 4 is 5.97 Å². The first-order valence-corrected chi connectivity index (χ1v) is 7.07. The lowest BCUT2D eigenvalue weighted by atomic mass is 9.89. The van der Waals surface area contributed by atoms with Crippen LogP contribution in [-0.4, -0.2) is 25.7 Å². The van der Waals surface area contributed by atoms with Gasteiger partial charge >= 0.3 is 5.97 Å². The largest absolute Gasteiger partial charge is 0.464 e. The highest BCUT2D eigenvalue weighted by atomic mass is 16.5. The molecule has 3 heteroatoms. The fourth-order valence-corrected chi connectivity index (χ4v) is 2.20. The molecule has 0 aromatic heterocycles. The van der Waals surface area contributed by atoms with E-state index in [-0.39, 0.29) is 11.9 Å². The summed E-state index contributed by atoms with van der Waals surface area (Å²) in [6.07, 6.45) is 6.88. The zero-order valence-electron chi connectivity index (χ0n) is 11.3. The maximum absolute atomic E-state index is 11.7. The monoisotopic (exact) mass is 241 g/mol. The summed E-state index contributed by atoms with van der Waals surface area (Å²) >= 11 is 0. The number of hydrogen-bond acceptors (Lipinski definition) is 3. The molecule has 0 unspecified atom stereocenters. The summed E-state index contributed by atoms with van der Waals surface area (Å²) in [5.41, 5.74) is 0. The lowest BCUT2D eigenvalue weighted by Crippen LogP contribution is -2.26. The second kappa shape index (κ2) is 8.51. The minimum Gasteiger partial charge on any atom is -0.464 e.